The van der Waals surface area contributed by atoms with Gasteiger partial charge in [0.15, 0.2) is 0 Å². The molecule has 1 heterocycles. The molecule has 1 amide bonds. The van der Waals surface area contributed by atoms with Crippen LogP contribution in [0.2, 0.25) is 0 Å². The van der Waals surface area contributed by atoms with E-state index in [2.05, 4.69) is 15.5 Å². The third-order valence-electron chi connectivity index (χ3n) is 4.39. The van der Waals surface area contributed by atoms with Gasteiger partial charge in [0.05, 0.1) is 18.3 Å². The summed E-state index contributed by atoms with van der Waals surface area (Å²) in [4.78, 5) is 13.9. The monoisotopic (exact) mass is 379 g/mol. The van der Waals surface area contributed by atoms with E-state index in [9.17, 15) is 9.18 Å². The minimum atomic E-state index is -0.304. The van der Waals surface area contributed by atoms with Crippen molar-refractivity contribution in [2.45, 2.75) is 36.9 Å². The Bertz CT molecular complexity index is 718. The summed E-state index contributed by atoms with van der Waals surface area (Å²) < 4.78 is 20.2. The second kappa shape index (κ2) is 8.98. The van der Waals surface area contributed by atoms with Crippen molar-refractivity contribution in [3.8, 4) is 5.75 Å². The van der Waals surface area contributed by atoms with Gasteiger partial charge < -0.3 is 9.64 Å². The number of likely N-dealkylation sites (N-methyl/N-ethyl adjacent to an activating group) is 1. The maximum atomic E-state index is 12.8. The molecule has 1 fully saturated rings. The van der Waals surface area contributed by atoms with Crippen LogP contribution in [0.4, 0.5) is 4.39 Å². The van der Waals surface area contributed by atoms with Gasteiger partial charge in [0.1, 0.15) is 18.2 Å². The van der Waals surface area contributed by atoms with Crippen molar-refractivity contribution < 1.29 is 13.9 Å². The summed E-state index contributed by atoms with van der Waals surface area (Å²) in [7, 11) is 1.73. The predicted molar refractivity (Wildman–Crippen MR) is 95.6 cm³/mol. The van der Waals surface area contributed by atoms with E-state index in [1.54, 1.807) is 24.1 Å². The number of hydrogen-bond acceptors (Lipinski definition) is 6. The lowest BCUT2D eigenvalue weighted by Crippen LogP contribution is -2.32. The summed E-state index contributed by atoms with van der Waals surface area (Å²) in [6.07, 6.45) is 4.58. The van der Waals surface area contributed by atoms with Crippen LogP contribution in [0.25, 0.3) is 0 Å². The first kappa shape index (κ1) is 18.6. The molecular formula is C17H22FN5O2S. The average molecular weight is 379 g/mol. The number of carbonyl (C=O) groups excluding carboxylic acids is 1. The van der Waals surface area contributed by atoms with E-state index in [0.717, 1.165) is 12.8 Å². The van der Waals surface area contributed by atoms with Crippen LogP contribution in [0.15, 0.2) is 29.4 Å². The zero-order chi connectivity index (χ0) is 18.4. The highest BCUT2D eigenvalue weighted by atomic mass is 32.2. The maximum Gasteiger partial charge on any atom is 0.232 e. The van der Waals surface area contributed by atoms with Crippen LogP contribution >= 0.6 is 11.8 Å². The number of ether oxygens (including phenoxy) is 1. The Morgan fingerprint density at radius 1 is 1.35 bits per heavy atom. The summed E-state index contributed by atoms with van der Waals surface area (Å²) in [6.45, 7) is 0.794. The van der Waals surface area contributed by atoms with E-state index in [1.807, 2.05) is 4.68 Å². The molecule has 1 saturated carbocycles. The number of nitrogens with zero attached hydrogens (tertiary/aromatic N) is 5. The number of thioether (sulfide) groups is 1. The Morgan fingerprint density at radius 3 is 2.81 bits per heavy atom. The molecule has 7 nitrogen and oxygen atoms in total. The molecule has 1 aromatic carbocycles. The lowest BCUT2D eigenvalue weighted by atomic mass is 10.3. The standard InChI is InChI=1S/C17H22FN5O2S/c1-22(10-11-25-15-8-6-13(18)7-9-15)16(24)12-26-17-19-20-21-23(17)14-4-2-3-5-14/h6-9,14H,2-5,10-12H2,1H3. The molecule has 0 bridgehead atoms. The van der Waals surface area contributed by atoms with Crippen molar-refractivity contribution in [2.24, 2.45) is 0 Å². The number of benzene rings is 1. The molecule has 26 heavy (non-hydrogen) atoms. The normalized spacial score (nSPS) is 14.5. The molecule has 0 spiro atoms. The smallest absolute Gasteiger partial charge is 0.232 e. The minimum absolute atomic E-state index is 0.0151. The minimum Gasteiger partial charge on any atom is -0.492 e. The van der Waals surface area contributed by atoms with Crippen LogP contribution < -0.4 is 4.74 Å². The fourth-order valence-electron chi connectivity index (χ4n) is 2.85. The quantitative estimate of drug-likeness (QED) is 0.657. The number of rotatable bonds is 8. The number of amides is 1. The summed E-state index contributed by atoms with van der Waals surface area (Å²) >= 11 is 1.36. The second-order valence-corrected chi connectivity index (χ2v) is 7.19. The summed E-state index contributed by atoms with van der Waals surface area (Å²) in [5, 5.41) is 12.6. The Balaban J connectivity index is 1.41. The van der Waals surface area contributed by atoms with Gasteiger partial charge in [0, 0.05) is 7.05 Å². The van der Waals surface area contributed by atoms with Gasteiger partial charge >= 0.3 is 0 Å². The Labute approximate surface area is 155 Å². The zero-order valence-corrected chi connectivity index (χ0v) is 15.5. The van der Waals surface area contributed by atoms with Gasteiger partial charge in [0.2, 0.25) is 11.1 Å². The second-order valence-electron chi connectivity index (χ2n) is 6.25. The third-order valence-corrected chi connectivity index (χ3v) is 5.31. The summed E-state index contributed by atoms with van der Waals surface area (Å²) in [5.41, 5.74) is 0. The Hall–Kier alpha value is -2.16. The van der Waals surface area contributed by atoms with Crippen LogP contribution in [-0.4, -0.2) is 57.0 Å². The molecule has 1 aromatic heterocycles. The van der Waals surface area contributed by atoms with Crippen LogP contribution in [0.1, 0.15) is 31.7 Å². The van der Waals surface area contributed by atoms with Crippen molar-refractivity contribution in [1.82, 2.24) is 25.1 Å². The maximum absolute atomic E-state index is 12.8. The first-order chi connectivity index (χ1) is 12.6. The highest BCUT2D eigenvalue weighted by molar-refractivity contribution is 7.99. The van der Waals surface area contributed by atoms with Gasteiger partial charge in [-0.1, -0.05) is 24.6 Å². The predicted octanol–water partition coefficient (Wildman–Crippen LogP) is 2.56. The molecular weight excluding hydrogens is 357 g/mol. The fraction of sp³-hybridized carbons (Fsp3) is 0.529. The van der Waals surface area contributed by atoms with Crippen molar-refractivity contribution >= 4 is 17.7 Å². The van der Waals surface area contributed by atoms with Crippen LogP contribution in [0.3, 0.4) is 0 Å². The third kappa shape index (κ3) is 4.94. The number of tetrazole rings is 1. The number of hydrogen-bond donors (Lipinski definition) is 0. The number of halogens is 1. The van der Waals surface area contributed by atoms with E-state index in [1.165, 1.54) is 36.7 Å². The summed E-state index contributed by atoms with van der Waals surface area (Å²) in [5.74, 6) is 0.540. The zero-order valence-electron chi connectivity index (χ0n) is 14.7. The van der Waals surface area contributed by atoms with Crippen molar-refractivity contribution in [2.75, 3.05) is 26.0 Å². The van der Waals surface area contributed by atoms with Gasteiger partial charge in [-0.25, -0.2) is 9.07 Å². The molecule has 1 aliphatic rings. The van der Waals surface area contributed by atoms with Crippen molar-refractivity contribution in [3.05, 3.63) is 30.1 Å². The van der Waals surface area contributed by atoms with E-state index < -0.39 is 0 Å². The van der Waals surface area contributed by atoms with Crippen molar-refractivity contribution in [1.29, 1.82) is 0 Å². The molecule has 0 aliphatic heterocycles. The first-order valence-electron chi connectivity index (χ1n) is 8.66. The molecule has 3 rings (SSSR count). The van der Waals surface area contributed by atoms with Crippen molar-refractivity contribution in [3.63, 3.8) is 0 Å². The molecule has 0 unspecified atom stereocenters. The van der Waals surface area contributed by atoms with Crippen LogP contribution in [0.5, 0.6) is 5.75 Å². The van der Waals surface area contributed by atoms with Gasteiger partial charge in [-0.2, -0.15) is 0 Å². The van der Waals surface area contributed by atoms with Gasteiger partial charge in [-0.05, 0) is 47.5 Å². The van der Waals surface area contributed by atoms with E-state index in [-0.39, 0.29) is 17.5 Å². The van der Waals surface area contributed by atoms with E-state index >= 15 is 0 Å². The molecule has 1 aliphatic carbocycles. The molecule has 0 saturated heterocycles. The molecule has 0 atom stereocenters. The molecule has 0 radical (unpaired) electrons. The van der Waals surface area contributed by atoms with E-state index in [4.69, 9.17) is 4.74 Å². The lowest BCUT2D eigenvalue weighted by molar-refractivity contribution is -0.127. The molecule has 2 aromatic rings. The molecule has 9 heteroatoms. The van der Waals surface area contributed by atoms with Gasteiger partial charge in [0.25, 0.3) is 0 Å². The molecule has 0 N–H and O–H groups in total. The summed E-state index contributed by atoms with van der Waals surface area (Å²) in [6, 6.07) is 6.17. The SMILES string of the molecule is CN(CCOc1ccc(F)cc1)C(=O)CSc1nnnn1C1CCCC1. The largest absolute Gasteiger partial charge is 0.492 e. The van der Waals surface area contributed by atoms with Crippen LogP contribution in [0, 0.1) is 5.82 Å². The Morgan fingerprint density at radius 2 is 2.08 bits per heavy atom. The molecule has 140 valence electrons. The average Bonchev–Trinajstić information content (AvgIpc) is 3.32. The van der Waals surface area contributed by atoms with Crippen LogP contribution in [-0.2, 0) is 4.79 Å². The van der Waals surface area contributed by atoms with Gasteiger partial charge in [-0.3, -0.25) is 4.79 Å². The lowest BCUT2D eigenvalue weighted by Gasteiger charge is -2.17. The number of aromatic nitrogens is 4. The van der Waals surface area contributed by atoms with Gasteiger partial charge in [-0.15, -0.1) is 5.10 Å². The Kier molecular flexibility index (Phi) is 6.43. The van der Waals surface area contributed by atoms with E-state index in [0.29, 0.717) is 30.1 Å². The first-order valence-corrected chi connectivity index (χ1v) is 9.65. The number of carbonyl (C=O) groups is 1. The fourth-order valence-corrected chi connectivity index (χ4v) is 3.74. The highest BCUT2D eigenvalue weighted by Crippen LogP contribution is 2.31. The highest BCUT2D eigenvalue weighted by Gasteiger charge is 2.22. The topological polar surface area (TPSA) is 73.1 Å².